The molecule has 1 aliphatic rings. The SMILES string of the molecule is CCCC(CN)N1CCN(C(=O)OC(C)(C)C)CC1. The van der Waals surface area contributed by atoms with Crippen LogP contribution in [0.3, 0.4) is 0 Å². The maximum absolute atomic E-state index is 11.9. The van der Waals surface area contributed by atoms with Gasteiger partial charge in [-0.05, 0) is 27.2 Å². The van der Waals surface area contributed by atoms with Crippen molar-refractivity contribution >= 4 is 6.09 Å². The van der Waals surface area contributed by atoms with Gasteiger partial charge in [0.05, 0.1) is 0 Å². The van der Waals surface area contributed by atoms with Crippen molar-refractivity contribution in [3.05, 3.63) is 0 Å². The summed E-state index contributed by atoms with van der Waals surface area (Å²) in [6.45, 7) is 11.8. The number of hydrogen-bond donors (Lipinski definition) is 1. The molecule has 0 spiro atoms. The molecule has 0 aliphatic carbocycles. The van der Waals surface area contributed by atoms with Crippen LogP contribution in [0.2, 0.25) is 0 Å². The molecule has 1 atom stereocenters. The second-order valence-corrected chi connectivity index (χ2v) is 6.18. The molecule has 19 heavy (non-hydrogen) atoms. The van der Waals surface area contributed by atoms with Crippen LogP contribution in [0.5, 0.6) is 0 Å². The van der Waals surface area contributed by atoms with E-state index in [1.807, 2.05) is 20.8 Å². The number of piperazine rings is 1. The molecule has 0 saturated carbocycles. The number of hydrogen-bond acceptors (Lipinski definition) is 4. The van der Waals surface area contributed by atoms with Gasteiger partial charge in [-0.15, -0.1) is 0 Å². The highest BCUT2D eigenvalue weighted by Gasteiger charge is 2.27. The number of carbonyl (C=O) groups is 1. The fourth-order valence-corrected chi connectivity index (χ4v) is 2.38. The number of nitrogens with zero attached hydrogens (tertiary/aromatic N) is 2. The van der Waals surface area contributed by atoms with Crippen molar-refractivity contribution in [3.8, 4) is 0 Å². The van der Waals surface area contributed by atoms with Crippen LogP contribution in [-0.2, 0) is 4.74 Å². The van der Waals surface area contributed by atoms with Gasteiger partial charge in [-0.1, -0.05) is 13.3 Å². The Hall–Kier alpha value is -0.810. The lowest BCUT2D eigenvalue weighted by Crippen LogP contribution is -2.54. The standard InChI is InChI=1S/C14H29N3O2/c1-5-6-12(11-15)16-7-9-17(10-8-16)13(18)19-14(2,3)4/h12H,5-11,15H2,1-4H3. The summed E-state index contributed by atoms with van der Waals surface area (Å²) in [5, 5.41) is 0. The van der Waals surface area contributed by atoms with Crippen molar-refractivity contribution in [1.29, 1.82) is 0 Å². The van der Waals surface area contributed by atoms with E-state index in [2.05, 4.69) is 11.8 Å². The minimum absolute atomic E-state index is 0.202. The fraction of sp³-hybridized carbons (Fsp3) is 0.929. The minimum atomic E-state index is -0.420. The number of amides is 1. The van der Waals surface area contributed by atoms with E-state index in [0.717, 1.165) is 39.0 Å². The third-order valence-electron chi connectivity index (χ3n) is 3.38. The zero-order chi connectivity index (χ0) is 14.5. The largest absolute Gasteiger partial charge is 0.444 e. The summed E-state index contributed by atoms with van der Waals surface area (Å²) < 4.78 is 5.39. The Kier molecular flexibility index (Phi) is 6.07. The van der Waals surface area contributed by atoms with Gasteiger partial charge in [0.1, 0.15) is 5.60 Å². The van der Waals surface area contributed by atoms with E-state index in [9.17, 15) is 4.79 Å². The van der Waals surface area contributed by atoms with Crippen molar-refractivity contribution in [2.75, 3.05) is 32.7 Å². The molecule has 0 aromatic rings. The Morgan fingerprint density at radius 2 is 1.84 bits per heavy atom. The average Bonchev–Trinajstić information content (AvgIpc) is 2.34. The van der Waals surface area contributed by atoms with E-state index in [1.54, 1.807) is 4.90 Å². The highest BCUT2D eigenvalue weighted by atomic mass is 16.6. The Morgan fingerprint density at radius 1 is 1.26 bits per heavy atom. The van der Waals surface area contributed by atoms with Crippen LogP contribution >= 0.6 is 0 Å². The van der Waals surface area contributed by atoms with E-state index < -0.39 is 5.60 Å². The molecule has 5 nitrogen and oxygen atoms in total. The lowest BCUT2D eigenvalue weighted by atomic mass is 10.1. The maximum Gasteiger partial charge on any atom is 0.410 e. The molecular formula is C14H29N3O2. The third kappa shape index (κ3) is 5.37. The summed E-state index contributed by atoms with van der Waals surface area (Å²) >= 11 is 0. The van der Waals surface area contributed by atoms with Crippen molar-refractivity contribution in [1.82, 2.24) is 9.80 Å². The minimum Gasteiger partial charge on any atom is -0.444 e. The van der Waals surface area contributed by atoms with Gasteiger partial charge in [0.2, 0.25) is 0 Å². The molecule has 0 radical (unpaired) electrons. The number of nitrogens with two attached hydrogens (primary N) is 1. The molecule has 1 amide bonds. The Morgan fingerprint density at radius 3 is 2.26 bits per heavy atom. The monoisotopic (exact) mass is 271 g/mol. The van der Waals surface area contributed by atoms with Crippen LogP contribution in [-0.4, -0.2) is 60.3 Å². The smallest absolute Gasteiger partial charge is 0.410 e. The van der Waals surface area contributed by atoms with Gasteiger partial charge in [-0.2, -0.15) is 0 Å². The highest BCUT2D eigenvalue weighted by Crippen LogP contribution is 2.14. The first-order valence-corrected chi connectivity index (χ1v) is 7.29. The van der Waals surface area contributed by atoms with Gasteiger partial charge < -0.3 is 15.4 Å². The lowest BCUT2D eigenvalue weighted by Gasteiger charge is -2.39. The zero-order valence-electron chi connectivity index (χ0n) is 12.8. The summed E-state index contributed by atoms with van der Waals surface area (Å²) in [6.07, 6.45) is 2.07. The van der Waals surface area contributed by atoms with Crippen molar-refractivity contribution in [3.63, 3.8) is 0 Å². The Balaban J connectivity index is 2.42. The van der Waals surface area contributed by atoms with Crippen LogP contribution < -0.4 is 5.73 Å². The average molecular weight is 271 g/mol. The molecule has 112 valence electrons. The maximum atomic E-state index is 11.9. The quantitative estimate of drug-likeness (QED) is 0.845. The van der Waals surface area contributed by atoms with E-state index in [0.29, 0.717) is 12.6 Å². The predicted molar refractivity (Wildman–Crippen MR) is 77.1 cm³/mol. The topological polar surface area (TPSA) is 58.8 Å². The Bertz CT molecular complexity index is 281. The summed E-state index contributed by atoms with van der Waals surface area (Å²) in [7, 11) is 0. The first-order chi connectivity index (χ1) is 8.87. The van der Waals surface area contributed by atoms with E-state index in [4.69, 9.17) is 10.5 Å². The molecule has 1 heterocycles. The first kappa shape index (κ1) is 16.2. The molecule has 1 unspecified atom stereocenters. The van der Waals surface area contributed by atoms with Gasteiger partial charge in [0.15, 0.2) is 0 Å². The van der Waals surface area contributed by atoms with Gasteiger partial charge in [0, 0.05) is 38.8 Å². The number of ether oxygens (including phenoxy) is 1. The summed E-state index contributed by atoms with van der Waals surface area (Å²) in [5.74, 6) is 0. The van der Waals surface area contributed by atoms with Gasteiger partial charge >= 0.3 is 6.09 Å². The van der Waals surface area contributed by atoms with Crippen LogP contribution in [0.25, 0.3) is 0 Å². The molecule has 0 bridgehead atoms. The van der Waals surface area contributed by atoms with Crippen molar-refractivity contribution in [2.24, 2.45) is 5.73 Å². The Labute approximate surface area is 117 Å². The van der Waals surface area contributed by atoms with Gasteiger partial charge in [0.25, 0.3) is 0 Å². The molecule has 1 fully saturated rings. The second-order valence-electron chi connectivity index (χ2n) is 6.18. The lowest BCUT2D eigenvalue weighted by molar-refractivity contribution is 0.0103. The summed E-state index contributed by atoms with van der Waals surface area (Å²) in [6, 6.07) is 0.450. The third-order valence-corrected chi connectivity index (χ3v) is 3.38. The van der Waals surface area contributed by atoms with Crippen molar-refractivity contribution in [2.45, 2.75) is 52.2 Å². The highest BCUT2D eigenvalue weighted by molar-refractivity contribution is 5.68. The summed E-state index contributed by atoms with van der Waals surface area (Å²) in [5.41, 5.74) is 5.40. The second kappa shape index (κ2) is 7.10. The van der Waals surface area contributed by atoms with Crippen LogP contribution in [0.1, 0.15) is 40.5 Å². The van der Waals surface area contributed by atoms with E-state index in [1.165, 1.54) is 0 Å². The zero-order valence-corrected chi connectivity index (χ0v) is 12.8. The summed E-state index contributed by atoms with van der Waals surface area (Å²) in [4.78, 5) is 16.1. The molecule has 5 heteroatoms. The van der Waals surface area contributed by atoms with Crippen LogP contribution in [0.15, 0.2) is 0 Å². The molecule has 1 saturated heterocycles. The molecular weight excluding hydrogens is 242 g/mol. The van der Waals surface area contributed by atoms with Crippen LogP contribution in [0, 0.1) is 0 Å². The van der Waals surface area contributed by atoms with E-state index in [-0.39, 0.29) is 6.09 Å². The molecule has 1 rings (SSSR count). The molecule has 0 aromatic heterocycles. The molecule has 0 aromatic carbocycles. The predicted octanol–water partition coefficient (Wildman–Crippen LogP) is 1.67. The normalized spacial score (nSPS) is 19.3. The fourth-order valence-electron chi connectivity index (χ4n) is 2.38. The molecule has 1 aliphatic heterocycles. The van der Waals surface area contributed by atoms with Gasteiger partial charge in [-0.3, -0.25) is 4.90 Å². The van der Waals surface area contributed by atoms with Gasteiger partial charge in [-0.25, -0.2) is 4.79 Å². The number of carbonyl (C=O) groups excluding carboxylic acids is 1. The first-order valence-electron chi connectivity index (χ1n) is 7.29. The number of rotatable bonds is 4. The van der Waals surface area contributed by atoms with E-state index >= 15 is 0 Å². The van der Waals surface area contributed by atoms with Crippen molar-refractivity contribution < 1.29 is 9.53 Å². The van der Waals surface area contributed by atoms with Crippen LogP contribution in [0.4, 0.5) is 4.79 Å². The molecule has 2 N–H and O–H groups in total.